The topological polar surface area (TPSA) is 110 Å². The molecule has 2 rings (SSSR count). The van der Waals surface area contributed by atoms with E-state index in [1.165, 1.54) is 0 Å². The highest BCUT2D eigenvalue weighted by Crippen LogP contribution is 2.32. The van der Waals surface area contributed by atoms with Crippen LogP contribution in [0.3, 0.4) is 0 Å². The average molecular weight is 270 g/mol. The zero-order valence-electron chi connectivity index (χ0n) is 10.3. The molecule has 0 aromatic heterocycles. The lowest BCUT2D eigenvalue weighted by atomic mass is 9.91. The van der Waals surface area contributed by atoms with Crippen molar-refractivity contribution in [2.75, 3.05) is 6.61 Å². The second-order valence-corrected chi connectivity index (χ2v) is 4.65. The van der Waals surface area contributed by atoms with Gasteiger partial charge >= 0.3 is 0 Å². The Bertz CT molecular complexity index is 421. The first kappa shape index (κ1) is 14.4. The van der Waals surface area contributed by atoms with Crippen molar-refractivity contribution in [3.63, 3.8) is 0 Å². The predicted octanol–water partition coefficient (Wildman–Crippen LogP) is -1.31. The van der Waals surface area contributed by atoms with E-state index in [2.05, 4.69) is 0 Å². The zero-order chi connectivity index (χ0) is 14.0. The molecule has 0 radical (unpaired) electrons. The van der Waals surface area contributed by atoms with Gasteiger partial charge in [0.05, 0.1) is 13.2 Å². The van der Waals surface area contributed by atoms with Crippen molar-refractivity contribution in [3.05, 3.63) is 35.4 Å². The van der Waals surface area contributed by atoms with Crippen LogP contribution in [-0.4, -0.2) is 56.6 Å². The van der Waals surface area contributed by atoms with Gasteiger partial charge in [-0.25, -0.2) is 0 Å². The van der Waals surface area contributed by atoms with Crippen molar-refractivity contribution in [2.45, 2.75) is 37.1 Å². The van der Waals surface area contributed by atoms with Crippen molar-refractivity contribution in [1.82, 2.24) is 0 Å². The maximum absolute atomic E-state index is 9.96. The Morgan fingerprint density at radius 2 is 1.74 bits per heavy atom. The zero-order valence-corrected chi connectivity index (χ0v) is 10.3. The van der Waals surface area contributed by atoms with E-state index < -0.39 is 37.1 Å². The fourth-order valence-corrected chi connectivity index (χ4v) is 2.25. The second-order valence-electron chi connectivity index (χ2n) is 4.65. The number of rotatable bonds is 3. The summed E-state index contributed by atoms with van der Waals surface area (Å²) in [6.45, 7) is -0.605. The molecule has 1 aliphatic heterocycles. The summed E-state index contributed by atoms with van der Waals surface area (Å²) < 4.78 is 5.42. The Labute approximate surface area is 110 Å². The number of benzene rings is 1. The van der Waals surface area contributed by atoms with E-state index in [9.17, 15) is 15.3 Å². The van der Waals surface area contributed by atoms with Crippen molar-refractivity contribution < 1.29 is 30.3 Å². The molecule has 0 amide bonds. The molecular formula is C13H18O6. The summed E-state index contributed by atoms with van der Waals surface area (Å²) in [6, 6.07) is 6.74. The minimum Gasteiger partial charge on any atom is -0.394 e. The lowest BCUT2D eigenvalue weighted by Crippen LogP contribution is -2.55. The molecule has 1 heterocycles. The van der Waals surface area contributed by atoms with Gasteiger partial charge in [-0.2, -0.15) is 0 Å². The Morgan fingerprint density at radius 3 is 2.37 bits per heavy atom. The molecule has 0 spiro atoms. The first-order chi connectivity index (χ1) is 9.08. The molecule has 1 aliphatic rings. The van der Waals surface area contributed by atoms with Gasteiger partial charge in [-0.1, -0.05) is 24.3 Å². The average Bonchev–Trinajstić information content (AvgIpc) is 2.45. The molecule has 1 aromatic carbocycles. The maximum atomic E-state index is 9.96. The Morgan fingerprint density at radius 1 is 1.00 bits per heavy atom. The van der Waals surface area contributed by atoms with E-state index in [0.29, 0.717) is 11.1 Å². The van der Waals surface area contributed by atoms with Crippen LogP contribution in [-0.2, 0) is 11.3 Å². The minimum atomic E-state index is -1.39. The van der Waals surface area contributed by atoms with Crippen molar-refractivity contribution in [2.24, 2.45) is 0 Å². The van der Waals surface area contributed by atoms with Crippen molar-refractivity contribution in [3.8, 4) is 0 Å². The van der Waals surface area contributed by atoms with Gasteiger partial charge in [0.2, 0.25) is 0 Å². The molecule has 1 fully saturated rings. The van der Waals surface area contributed by atoms with Crippen LogP contribution in [0.1, 0.15) is 17.2 Å². The van der Waals surface area contributed by atoms with Gasteiger partial charge in [0.25, 0.3) is 0 Å². The summed E-state index contributed by atoms with van der Waals surface area (Å²) in [4.78, 5) is 0. The van der Waals surface area contributed by atoms with E-state index in [4.69, 9.17) is 14.9 Å². The molecule has 5 N–H and O–H groups in total. The van der Waals surface area contributed by atoms with Crippen LogP contribution in [0.2, 0.25) is 0 Å². The SMILES string of the molecule is OCc1cccc(C2OC(CO)C(O)C(O)C2O)c1. The van der Waals surface area contributed by atoms with Crippen LogP contribution in [0.5, 0.6) is 0 Å². The molecule has 0 aliphatic carbocycles. The maximum Gasteiger partial charge on any atom is 0.113 e. The largest absolute Gasteiger partial charge is 0.394 e. The van der Waals surface area contributed by atoms with E-state index in [1.54, 1.807) is 24.3 Å². The number of hydrogen-bond donors (Lipinski definition) is 5. The van der Waals surface area contributed by atoms with Gasteiger partial charge in [0, 0.05) is 0 Å². The molecule has 5 unspecified atom stereocenters. The van der Waals surface area contributed by atoms with Gasteiger partial charge in [-0.3, -0.25) is 0 Å². The van der Waals surface area contributed by atoms with E-state index in [0.717, 1.165) is 0 Å². The quantitative estimate of drug-likeness (QED) is 0.466. The second kappa shape index (κ2) is 5.96. The number of aliphatic hydroxyl groups is 5. The van der Waals surface area contributed by atoms with E-state index in [-0.39, 0.29) is 6.61 Å². The summed E-state index contributed by atoms with van der Waals surface area (Å²) in [5.41, 5.74) is 1.22. The van der Waals surface area contributed by atoms with E-state index in [1.807, 2.05) is 0 Å². The number of hydrogen-bond acceptors (Lipinski definition) is 6. The number of ether oxygens (including phenoxy) is 1. The van der Waals surface area contributed by atoms with Gasteiger partial charge in [-0.05, 0) is 11.1 Å². The monoisotopic (exact) mass is 270 g/mol. The smallest absolute Gasteiger partial charge is 0.113 e. The fourth-order valence-electron chi connectivity index (χ4n) is 2.25. The van der Waals surface area contributed by atoms with Crippen LogP contribution in [0.15, 0.2) is 24.3 Å². The molecule has 5 atom stereocenters. The Hall–Kier alpha value is -1.02. The molecule has 19 heavy (non-hydrogen) atoms. The first-order valence-electron chi connectivity index (χ1n) is 6.08. The summed E-state index contributed by atoms with van der Waals surface area (Å²) in [5, 5.41) is 47.6. The Balaban J connectivity index is 2.26. The fraction of sp³-hybridized carbons (Fsp3) is 0.538. The Kier molecular flexibility index (Phi) is 4.51. The molecule has 106 valence electrons. The summed E-state index contributed by atoms with van der Waals surface area (Å²) in [7, 11) is 0. The highest BCUT2D eigenvalue weighted by atomic mass is 16.5. The molecule has 0 saturated carbocycles. The minimum absolute atomic E-state index is 0.148. The normalized spacial score (nSPS) is 35.3. The standard InChI is InChI=1S/C13H18O6/c14-5-7-2-1-3-8(4-7)13-12(18)11(17)10(16)9(6-15)19-13/h1-4,9-18H,5-6H2. The molecule has 0 bridgehead atoms. The summed E-state index contributed by atoms with van der Waals surface area (Å²) in [5.74, 6) is 0. The van der Waals surface area contributed by atoms with Crippen LogP contribution in [0.4, 0.5) is 0 Å². The molecule has 1 aromatic rings. The van der Waals surface area contributed by atoms with Crippen molar-refractivity contribution in [1.29, 1.82) is 0 Å². The first-order valence-corrected chi connectivity index (χ1v) is 6.08. The molecule has 6 heteroatoms. The third-order valence-electron chi connectivity index (χ3n) is 3.35. The van der Waals surface area contributed by atoms with Crippen LogP contribution >= 0.6 is 0 Å². The highest BCUT2D eigenvalue weighted by molar-refractivity contribution is 5.26. The van der Waals surface area contributed by atoms with E-state index >= 15 is 0 Å². The van der Waals surface area contributed by atoms with Gasteiger partial charge in [-0.15, -0.1) is 0 Å². The van der Waals surface area contributed by atoms with Crippen molar-refractivity contribution >= 4 is 0 Å². The van der Waals surface area contributed by atoms with Gasteiger partial charge in [0.1, 0.15) is 30.5 Å². The molecule has 6 nitrogen and oxygen atoms in total. The van der Waals surface area contributed by atoms with Gasteiger partial charge in [0.15, 0.2) is 0 Å². The summed E-state index contributed by atoms with van der Waals surface area (Å²) in [6.07, 6.45) is -5.85. The van der Waals surface area contributed by atoms with Gasteiger partial charge < -0.3 is 30.3 Å². The van der Waals surface area contributed by atoms with Crippen LogP contribution in [0.25, 0.3) is 0 Å². The molecular weight excluding hydrogens is 252 g/mol. The van der Waals surface area contributed by atoms with Crippen LogP contribution in [0, 0.1) is 0 Å². The molecule has 1 saturated heterocycles. The lowest BCUT2D eigenvalue weighted by molar-refractivity contribution is -0.231. The third-order valence-corrected chi connectivity index (χ3v) is 3.35. The third kappa shape index (κ3) is 2.79. The lowest BCUT2D eigenvalue weighted by Gasteiger charge is -2.40. The highest BCUT2D eigenvalue weighted by Gasteiger charge is 2.43. The van der Waals surface area contributed by atoms with Crippen LogP contribution < -0.4 is 0 Å². The summed E-state index contributed by atoms with van der Waals surface area (Å²) >= 11 is 0. The number of aliphatic hydroxyl groups excluding tert-OH is 5. The predicted molar refractivity (Wildman–Crippen MR) is 65.1 cm³/mol.